The number of hydrogen-bond acceptors (Lipinski definition) is 2. The molecule has 21 heavy (non-hydrogen) atoms. The first-order chi connectivity index (χ1) is 9.83. The van der Waals surface area contributed by atoms with Crippen molar-refractivity contribution in [1.29, 1.82) is 0 Å². The van der Waals surface area contributed by atoms with Gasteiger partial charge in [0.05, 0.1) is 0 Å². The minimum Gasteiger partial charge on any atom is -0.406 e. The van der Waals surface area contributed by atoms with Crippen LogP contribution in [0.2, 0.25) is 0 Å². The third-order valence-electron chi connectivity index (χ3n) is 2.81. The van der Waals surface area contributed by atoms with E-state index in [2.05, 4.69) is 10.1 Å². The van der Waals surface area contributed by atoms with Crippen LogP contribution in [0.5, 0.6) is 5.75 Å². The minimum atomic E-state index is -4.72. The number of halogens is 4. The molecule has 0 heterocycles. The van der Waals surface area contributed by atoms with Crippen LogP contribution in [0, 0.1) is 12.7 Å². The second kappa shape index (κ2) is 6.03. The SMILES string of the molecule is Cc1ccc(F)cc1NCc1cccc(OC(F)(F)F)c1. The zero-order chi connectivity index (χ0) is 15.5. The summed E-state index contributed by atoms with van der Waals surface area (Å²) in [7, 11) is 0. The van der Waals surface area contributed by atoms with E-state index in [9.17, 15) is 17.6 Å². The fourth-order valence-electron chi connectivity index (χ4n) is 1.83. The van der Waals surface area contributed by atoms with Gasteiger partial charge in [0.15, 0.2) is 0 Å². The smallest absolute Gasteiger partial charge is 0.406 e. The molecule has 0 fully saturated rings. The van der Waals surface area contributed by atoms with Gasteiger partial charge < -0.3 is 10.1 Å². The van der Waals surface area contributed by atoms with Crippen LogP contribution in [-0.4, -0.2) is 6.36 Å². The fraction of sp³-hybridized carbons (Fsp3) is 0.200. The highest BCUT2D eigenvalue weighted by Crippen LogP contribution is 2.24. The molecule has 6 heteroatoms. The Morgan fingerprint density at radius 2 is 1.86 bits per heavy atom. The van der Waals surface area contributed by atoms with Gasteiger partial charge >= 0.3 is 6.36 Å². The molecular formula is C15H13F4NO. The van der Waals surface area contributed by atoms with E-state index >= 15 is 0 Å². The Balaban J connectivity index is 2.06. The Hall–Kier alpha value is -2.24. The van der Waals surface area contributed by atoms with E-state index in [1.54, 1.807) is 12.1 Å². The standard InChI is InChI=1S/C15H13F4NO/c1-10-5-6-12(16)8-14(10)20-9-11-3-2-4-13(7-11)21-15(17,18)19/h2-8,20H,9H2,1H3. The van der Waals surface area contributed by atoms with Crippen molar-refractivity contribution in [1.82, 2.24) is 0 Å². The molecule has 0 amide bonds. The van der Waals surface area contributed by atoms with Gasteiger partial charge in [-0.15, -0.1) is 13.2 Å². The van der Waals surface area contributed by atoms with E-state index in [1.807, 2.05) is 6.92 Å². The predicted molar refractivity (Wildman–Crippen MR) is 71.6 cm³/mol. The molecule has 0 atom stereocenters. The molecule has 2 aromatic carbocycles. The van der Waals surface area contributed by atoms with E-state index in [-0.39, 0.29) is 18.1 Å². The molecule has 0 aliphatic rings. The van der Waals surface area contributed by atoms with E-state index in [0.717, 1.165) is 5.56 Å². The Labute approximate surface area is 119 Å². The summed E-state index contributed by atoms with van der Waals surface area (Å²) < 4.78 is 53.4. The lowest BCUT2D eigenvalue weighted by atomic mass is 10.1. The fourth-order valence-corrected chi connectivity index (χ4v) is 1.83. The first-order valence-electron chi connectivity index (χ1n) is 6.18. The Bertz CT molecular complexity index is 625. The molecule has 0 spiro atoms. The van der Waals surface area contributed by atoms with Crippen molar-refractivity contribution < 1.29 is 22.3 Å². The topological polar surface area (TPSA) is 21.3 Å². The summed E-state index contributed by atoms with van der Waals surface area (Å²) >= 11 is 0. The van der Waals surface area contributed by atoms with Crippen molar-refractivity contribution >= 4 is 5.69 Å². The van der Waals surface area contributed by atoms with Crippen LogP contribution in [0.15, 0.2) is 42.5 Å². The van der Waals surface area contributed by atoms with Crippen LogP contribution in [-0.2, 0) is 6.54 Å². The Morgan fingerprint density at radius 1 is 1.10 bits per heavy atom. The van der Waals surface area contributed by atoms with E-state index < -0.39 is 6.36 Å². The van der Waals surface area contributed by atoms with Gasteiger partial charge in [0.25, 0.3) is 0 Å². The first-order valence-corrected chi connectivity index (χ1v) is 6.18. The van der Waals surface area contributed by atoms with Crippen LogP contribution in [0.25, 0.3) is 0 Å². The van der Waals surface area contributed by atoms with Gasteiger partial charge in [0, 0.05) is 12.2 Å². The predicted octanol–water partition coefficient (Wildman–Crippen LogP) is 4.64. The summed E-state index contributed by atoms with van der Waals surface area (Å²) in [6.07, 6.45) is -4.72. The molecular weight excluding hydrogens is 286 g/mol. The van der Waals surface area contributed by atoms with E-state index in [0.29, 0.717) is 11.3 Å². The average Bonchev–Trinajstić information content (AvgIpc) is 2.38. The third kappa shape index (κ3) is 4.66. The highest BCUT2D eigenvalue weighted by Gasteiger charge is 2.31. The number of aryl methyl sites for hydroxylation is 1. The third-order valence-corrected chi connectivity index (χ3v) is 2.81. The second-order valence-corrected chi connectivity index (χ2v) is 4.51. The lowest BCUT2D eigenvalue weighted by Gasteiger charge is -2.12. The van der Waals surface area contributed by atoms with Crippen molar-refractivity contribution in [3.8, 4) is 5.75 Å². The van der Waals surface area contributed by atoms with Gasteiger partial charge in [-0.05, 0) is 42.3 Å². The molecule has 0 saturated heterocycles. The van der Waals surface area contributed by atoms with Crippen LogP contribution < -0.4 is 10.1 Å². The summed E-state index contributed by atoms with van der Waals surface area (Å²) in [5.74, 6) is -0.657. The number of nitrogens with one attached hydrogen (secondary N) is 1. The maximum Gasteiger partial charge on any atom is 0.573 e. The molecule has 0 aliphatic heterocycles. The van der Waals surface area contributed by atoms with Gasteiger partial charge in [-0.2, -0.15) is 0 Å². The van der Waals surface area contributed by atoms with Gasteiger partial charge in [0.1, 0.15) is 11.6 Å². The number of ether oxygens (including phenoxy) is 1. The maximum absolute atomic E-state index is 13.1. The lowest BCUT2D eigenvalue weighted by molar-refractivity contribution is -0.274. The minimum absolute atomic E-state index is 0.263. The second-order valence-electron chi connectivity index (χ2n) is 4.51. The van der Waals surface area contributed by atoms with Gasteiger partial charge in [0.2, 0.25) is 0 Å². The van der Waals surface area contributed by atoms with Gasteiger partial charge in [-0.25, -0.2) is 4.39 Å². The zero-order valence-corrected chi connectivity index (χ0v) is 11.2. The van der Waals surface area contributed by atoms with E-state index in [1.165, 1.54) is 30.3 Å². The van der Waals surface area contributed by atoms with Crippen molar-refractivity contribution in [2.75, 3.05) is 5.32 Å². The van der Waals surface area contributed by atoms with Crippen molar-refractivity contribution in [2.24, 2.45) is 0 Å². The molecule has 2 rings (SSSR count). The molecule has 0 aromatic heterocycles. The molecule has 0 aliphatic carbocycles. The summed E-state index contributed by atoms with van der Waals surface area (Å²) in [5.41, 5.74) is 2.04. The monoisotopic (exact) mass is 299 g/mol. The van der Waals surface area contributed by atoms with Crippen LogP contribution >= 0.6 is 0 Å². The Kier molecular flexibility index (Phi) is 4.35. The molecule has 0 unspecified atom stereocenters. The Morgan fingerprint density at radius 3 is 2.57 bits per heavy atom. The number of rotatable bonds is 4. The van der Waals surface area contributed by atoms with Gasteiger partial charge in [-0.3, -0.25) is 0 Å². The molecule has 0 bridgehead atoms. The highest BCUT2D eigenvalue weighted by atomic mass is 19.4. The summed E-state index contributed by atoms with van der Waals surface area (Å²) in [6, 6.07) is 9.95. The van der Waals surface area contributed by atoms with Crippen molar-refractivity contribution in [3.05, 3.63) is 59.4 Å². The van der Waals surface area contributed by atoms with Crippen LogP contribution in [0.3, 0.4) is 0 Å². The lowest BCUT2D eigenvalue weighted by Crippen LogP contribution is -2.17. The molecule has 1 N–H and O–H groups in total. The average molecular weight is 299 g/mol. The molecule has 112 valence electrons. The number of hydrogen-bond donors (Lipinski definition) is 1. The van der Waals surface area contributed by atoms with Crippen molar-refractivity contribution in [2.45, 2.75) is 19.8 Å². The molecule has 0 saturated carbocycles. The quantitative estimate of drug-likeness (QED) is 0.830. The summed E-state index contributed by atoms with van der Waals surface area (Å²) in [5, 5.41) is 2.98. The molecule has 2 nitrogen and oxygen atoms in total. The van der Waals surface area contributed by atoms with Crippen LogP contribution in [0.4, 0.5) is 23.2 Å². The van der Waals surface area contributed by atoms with Crippen LogP contribution in [0.1, 0.15) is 11.1 Å². The maximum atomic E-state index is 13.1. The van der Waals surface area contributed by atoms with Gasteiger partial charge in [-0.1, -0.05) is 18.2 Å². The number of alkyl halides is 3. The highest BCUT2D eigenvalue weighted by molar-refractivity contribution is 5.51. The normalized spacial score (nSPS) is 11.3. The van der Waals surface area contributed by atoms with Crippen molar-refractivity contribution in [3.63, 3.8) is 0 Å². The molecule has 2 aromatic rings. The first kappa shape index (κ1) is 15.2. The summed E-state index contributed by atoms with van der Waals surface area (Å²) in [4.78, 5) is 0. The zero-order valence-electron chi connectivity index (χ0n) is 11.2. The number of anilines is 1. The largest absolute Gasteiger partial charge is 0.573 e. The summed E-state index contributed by atoms with van der Waals surface area (Å²) in [6.45, 7) is 2.07. The van der Waals surface area contributed by atoms with E-state index in [4.69, 9.17) is 0 Å². The number of benzene rings is 2. The molecule has 0 radical (unpaired) electrons.